The van der Waals surface area contributed by atoms with Gasteiger partial charge >= 0.3 is 5.97 Å². The predicted octanol–water partition coefficient (Wildman–Crippen LogP) is 2.52. The van der Waals surface area contributed by atoms with Gasteiger partial charge in [-0.3, -0.25) is 9.59 Å². The number of fused-ring (bicyclic) bond motifs is 1. The summed E-state index contributed by atoms with van der Waals surface area (Å²) in [4.78, 5) is 22.5. The van der Waals surface area contributed by atoms with Crippen LogP contribution in [0.25, 0.3) is 10.8 Å². The maximum atomic E-state index is 11.4. The molecule has 20 heavy (non-hydrogen) atoms. The third-order valence-corrected chi connectivity index (χ3v) is 3.66. The number of aliphatic carboxylic acids is 1. The fourth-order valence-corrected chi connectivity index (χ4v) is 2.56. The van der Waals surface area contributed by atoms with Gasteiger partial charge in [0.05, 0.1) is 5.92 Å². The molecular weight excluding hydrogens is 254 g/mol. The summed E-state index contributed by atoms with van der Waals surface area (Å²) in [5.41, 5.74) is 6.08. The van der Waals surface area contributed by atoms with Gasteiger partial charge in [-0.25, -0.2) is 0 Å². The first-order valence-corrected chi connectivity index (χ1v) is 6.49. The number of hydrogen-bond acceptors (Lipinski definition) is 2. The fourth-order valence-electron chi connectivity index (χ4n) is 2.56. The summed E-state index contributed by atoms with van der Waals surface area (Å²) in [5, 5.41) is 11.4. The third kappa shape index (κ3) is 2.79. The molecule has 2 unspecified atom stereocenters. The molecule has 0 saturated heterocycles. The van der Waals surface area contributed by atoms with E-state index in [1.165, 1.54) is 0 Å². The molecule has 3 N–H and O–H groups in total. The normalized spacial score (nSPS) is 13.8. The van der Waals surface area contributed by atoms with Gasteiger partial charge in [-0.2, -0.15) is 0 Å². The molecule has 0 bridgehead atoms. The zero-order valence-electron chi connectivity index (χ0n) is 11.2. The Balaban J connectivity index is 2.46. The van der Waals surface area contributed by atoms with Crippen LogP contribution in [0.15, 0.2) is 42.5 Å². The number of carbonyl (C=O) groups is 2. The first-order chi connectivity index (χ1) is 9.50. The van der Waals surface area contributed by atoms with E-state index in [4.69, 9.17) is 5.73 Å². The second-order valence-electron chi connectivity index (χ2n) is 4.97. The van der Waals surface area contributed by atoms with E-state index in [9.17, 15) is 14.7 Å². The number of benzene rings is 2. The Kier molecular flexibility index (Phi) is 4.03. The summed E-state index contributed by atoms with van der Waals surface area (Å²) in [7, 11) is 0. The number of carbonyl (C=O) groups excluding carboxylic acids is 1. The van der Waals surface area contributed by atoms with Crippen molar-refractivity contribution in [3.63, 3.8) is 0 Å². The number of carboxylic acid groups (broad SMARTS) is 1. The summed E-state index contributed by atoms with van der Waals surface area (Å²) in [6.45, 7) is 1.82. The zero-order valence-corrected chi connectivity index (χ0v) is 11.2. The molecular formula is C16H17NO3. The van der Waals surface area contributed by atoms with Crippen molar-refractivity contribution in [2.75, 3.05) is 0 Å². The Morgan fingerprint density at radius 2 is 1.80 bits per heavy atom. The van der Waals surface area contributed by atoms with Crippen LogP contribution in [0.1, 0.15) is 24.8 Å². The molecule has 104 valence electrons. The molecule has 2 aromatic rings. The van der Waals surface area contributed by atoms with Crippen LogP contribution in [0.4, 0.5) is 0 Å². The lowest BCUT2D eigenvalue weighted by Crippen LogP contribution is -2.26. The van der Waals surface area contributed by atoms with Gasteiger partial charge in [0.15, 0.2) is 0 Å². The van der Waals surface area contributed by atoms with Gasteiger partial charge < -0.3 is 10.8 Å². The van der Waals surface area contributed by atoms with Crippen molar-refractivity contribution in [3.05, 3.63) is 48.0 Å². The second kappa shape index (κ2) is 5.74. The van der Waals surface area contributed by atoms with Crippen molar-refractivity contribution in [2.45, 2.75) is 19.3 Å². The molecule has 0 aliphatic heterocycles. The smallest absolute Gasteiger partial charge is 0.307 e. The van der Waals surface area contributed by atoms with Crippen molar-refractivity contribution >= 4 is 22.6 Å². The summed E-state index contributed by atoms with van der Waals surface area (Å²) in [6, 6.07) is 13.6. The van der Waals surface area contributed by atoms with Gasteiger partial charge in [0, 0.05) is 6.42 Å². The van der Waals surface area contributed by atoms with Crippen molar-refractivity contribution < 1.29 is 14.7 Å². The van der Waals surface area contributed by atoms with E-state index in [1.807, 2.05) is 49.4 Å². The molecule has 2 atom stereocenters. The minimum Gasteiger partial charge on any atom is -0.481 e. The van der Waals surface area contributed by atoms with E-state index in [0.29, 0.717) is 0 Å². The monoisotopic (exact) mass is 271 g/mol. The number of primary amides is 1. The molecule has 0 aliphatic rings. The lowest BCUT2D eigenvalue weighted by molar-refractivity contribution is -0.144. The van der Waals surface area contributed by atoms with E-state index >= 15 is 0 Å². The Labute approximate surface area is 117 Å². The topological polar surface area (TPSA) is 80.4 Å². The second-order valence-corrected chi connectivity index (χ2v) is 4.97. The quantitative estimate of drug-likeness (QED) is 0.876. The van der Waals surface area contributed by atoms with Gasteiger partial charge in [0.1, 0.15) is 0 Å². The van der Waals surface area contributed by atoms with Gasteiger partial charge in [0.25, 0.3) is 0 Å². The molecule has 4 heteroatoms. The Morgan fingerprint density at radius 1 is 1.15 bits per heavy atom. The van der Waals surface area contributed by atoms with Crippen LogP contribution < -0.4 is 5.73 Å². The highest BCUT2D eigenvalue weighted by atomic mass is 16.4. The minimum atomic E-state index is -0.996. The van der Waals surface area contributed by atoms with Gasteiger partial charge in [-0.1, -0.05) is 49.4 Å². The Hall–Kier alpha value is -2.36. The number of amides is 1. The van der Waals surface area contributed by atoms with E-state index in [-0.39, 0.29) is 12.3 Å². The fraction of sp³-hybridized carbons (Fsp3) is 0.250. The number of rotatable bonds is 5. The Morgan fingerprint density at radius 3 is 2.45 bits per heavy atom. The molecule has 0 fully saturated rings. The van der Waals surface area contributed by atoms with Gasteiger partial charge in [-0.15, -0.1) is 0 Å². The summed E-state index contributed by atoms with van der Waals surface area (Å²) in [5.74, 6) is -2.68. The Bertz CT molecular complexity index is 646. The van der Waals surface area contributed by atoms with Crippen molar-refractivity contribution in [3.8, 4) is 0 Å². The van der Waals surface area contributed by atoms with E-state index in [0.717, 1.165) is 16.3 Å². The summed E-state index contributed by atoms with van der Waals surface area (Å²) >= 11 is 0. The highest BCUT2D eigenvalue weighted by molar-refractivity contribution is 5.87. The molecule has 1 amide bonds. The largest absolute Gasteiger partial charge is 0.481 e. The number of carboxylic acids is 1. The SMILES string of the molecule is CC(c1cccc2ccccc12)C(CC(N)=O)C(=O)O. The van der Waals surface area contributed by atoms with Crippen LogP contribution in [0.3, 0.4) is 0 Å². The van der Waals surface area contributed by atoms with E-state index < -0.39 is 17.8 Å². The molecule has 0 saturated carbocycles. The van der Waals surface area contributed by atoms with E-state index in [1.54, 1.807) is 0 Å². The molecule has 0 aliphatic carbocycles. The van der Waals surface area contributed by atoms with Crippen LogP contribution in [0, 0.1) is 5.92 Å². The molecule has 0 heterocycles. The van der Waals surface area contributed by atoms with Crippen molar-refractivity contribution in [2.24, 2.45) is 11.7 Å². The maximum Gasteiger partial charge on any atom is 0.307 e. The van der Waals surface area contributed by atoms with Gasteiger partial charge in [-0.05, 0) is 22.3 Å². The highest BCUT2D eigenvalue weighted by Crippen LogP contribution is 2.32. The van der Waals surface area contributed by atoms with Crippen molar-refractivity contribution in [1.82, 2.24) is 0 Å². The van der Waals surface area contributed by atoms with Crippen molar-refractivity contribution in [1.29, 1.82) is 0 Å². The number of nitrogens with two attached hydrogens (primary N) is 1. The molecule has 4 nitrogen and oxygen atoms in total. The maximum absolute atomic E-state index is 11.4. The van der Waals surface area contributed by atoms with Crippen LogP contribution in [0.2, 0.25) is 0 Å². The average molecular weight is 271 g/mol. The molecule has 0 radical (unpaired) electrons. The first kappa shape index (κ1) is 14.1. The van der Waals surface area contributed by atoms with Crippen LogP contribution in [-0.4, -0.2) is 17.0 Å². The zero-order chi connectivity index (χ0) is 14.7. The summed E-state index contributed by atoms with van der Waals surface area (Å²) in [6.07, 6.45) is -0.153. The molecule has 2 rings (SSSR count). The lowest BCUT2D eigenvalue weighted by atomic mass is 9.83. The highest BCUT2D eigenvalue weighted by Gasteiger charge is 2.28. The van der Waals surface area contributed by atoms with E-state index in [2.05, 4.69) is 0 Å². The van der Waals surface area contributed by atoms with Crippen LogP contribution >= 0.6 is 0 Å². The van der Waals surface area contributed by atoms with Gasteiger partial charge in [0.2, 0.25) is 5.91 Å². The molecule has 2 aromatic carbocycles. The third-order valence-electron chi connectivity index (χ3n) is 3.66. The standard InChI is InChI=1S/C16H17NO3/c1-10(14(16(19)20)9-15(17)18)12-8-4-6-11-5-2-3-7-13(11)12/h2-8,10,14H,9H2,1H3,(H2,17,18)(H,19,20). The average Bonchev–Trinajstić information content (AvgIpc) is 2.43. The molecule has 0 aromatic heterocycles. The lowest BCUT2D eigenvalue weighted by Gasteiger charge is -2.21. The first-order valence-electron chi connectivity index (χ1n) is 6.49. The number of hydrogen-bond donors (Lipinski definition) is 2. The van der Waals surface area contributed by atoms with Crippen LogP contribution in [-0.2, 0) is 9.59 Å². The summed E-state index contributed by atoms with van der Waals surface area (Å²) < 4.78 is 0. The predicted molar refractivity (Wildman–Crippen MR) is 77.3 cm³/mol. The van der Waals surface area contributed by atoms with Crippen LogP contribution in [0.5, 0.6) is 0 Å². The minimum absolute atomic E-state index is 0.153. The molecule has 0 spiro atoms.